The van der Waals surface area contributed by atoms with Gasteiger partial charge in [-0.3, -0.25) is 4.79 Å². The van der Waals surface area contributed by atoms with Crippen LogP contribution in [0.1, 0.15) is 0 Å². The summed E-state index contributed by atoms with van der Waals surface area (Å²) in [5, 5.41) is 59.2. The molecule has 0 bridgehead atoms. The molecule has 5 atom stereocenters. The van der Waals surface area contributed by atoms with E-state index in [4.69, 9.17) is 19.0 Å². The average Bonchev–Trinajstić information content (AvgIpc) is 2.77. The van der Waals surface area contributed by atoms with Gasteiger partial charge < -0.3 is 44.5 Å². The lowest BCUT2D eigenvalue weighted by Gasteiger charge is -2.38. The van der Waals surface area contributed by atoms with E-state index in [2.05, 4.69) is 0 Å². The molecule has 0 saturated carbocycles. The van der Waals surface area contributed by atoms with Crippen molar-refractivity contribution in [2.45, 2.75) is 30.7 Å². The van der Waals surface area contributed by atoms with Gasteiger partial charge in [0.2, 0.25) is 12.0 Å². The number of hydrogen-bond acceptors (Lipinski definition) is 10. The number of ether oxygens (including phenoxy) is 2. The highest BCUT2D eigenvalue weighted by atomic mass is 16.7. The number of aliphatic hydroxyl groups is 3. The van der Waals surface area contributed by atoms with Gasteiger partial charge in [-0.05, 0) is 0 Å². The maximum absolute atomic E-state index is 12.5. The van der Waals surface area contributed by atoms with Crippen molar-refractivity contribution < 1.29 is 49.3 Å². The summed E-state index contributed by atoms with van der Waals surface area (Å²) < 4.78 is 16.0. The van der Waals surface area contributed by atoms with E-state index in [0.717, 1.165) is 12.1 Å². The predicted molar refractivity (Wildman–Crippen MR) is 106 cm³/mol. The van der Waals surface area contributed by atoms with Gasteiger partial charge in [-0.15, -0.1) is 0 Å². The third-order valence-corrected chi connectivity index (χ3v) is 5.05. The van der Waals surface area contributed by atoms with Crippen LogP contribution in [0, 0.1) is 0 Å². The van der Waals surface area contributed by atoms with Gasteiger partial charge in [0.25, 0.3) is 0 Å². The Kier molecular flexibility index (Phi) is 5.48. The summed E-state index contributed by atoms with van der Waals surface area (Å²) >= 11 is 0. The van der Waals surface area contributed by atoms with E-state index in [1.165, 1.54) is 0 Å². The Morgan fingerprint density at radius 2 is 1.62 bits per heavy atom. The fourth-order valence-electron chi connectivity index (χ4n) is 3.38. The molecule has 168 valence electrons. The number of carboxylic acid groups (broad SMARTS) is 1. The van der Waals surface area contributed by atoms with Gasteiger partial charge in [0.1, 0.15) is 35.0 Å². The standard InChI is InChI=1S/C21H18O11/c22-9-6-10(8-4-2-1-3-5-8)30-11-7-12(14(23)15(24)13(9)11)31-21-18(27)16(25)17(26)19(32-21)20(28)29/h1-7,16-19,21,23-27H,(H,28,29)/t16-,17-,18-,19+,21-/m0/s1. The van der Waals surface area contributed by atoms with Crippen LogP contribution in [0.4, 0.5) is 0 Å². The lowest BCUT2D eigenvalue weighted by atomic mass is 9.99. The van der Waals surface area contributed by atoms with Crippen molar-refractivity contribution >= 4 is 16.9 Å². The fraction of sp³-hybridized carbons (Fsp3) is 0.238. The number of phenols is 2. The number of aliphatic carboxylic acids is 1. The molecule has 3 aromatic rings. The van der Waals surface area contributed by atoms with Crippen LogP contribution in [-0.4, -0.2) is 67.3 Å². The van der Waals surface area contributed by atoms with Crippen LogP contribution in [0.25, 0.3) is 22.3 Å². The zero-order valence-electron chi connectivity index (χ0n) is 16.2. The molecule has 1 aliphatic heterocycles. The topological polar surface area (TPSA) is 187 Å². The monoisotopic (exact) mass is 446 g/mol. The minimum Gasteiger partial charge on any atom is -0.504 e. The summed E-state index contributed by atoms with van der Waals surface area (Å²) in [7, 11) is 0. The first-order chi connectivity index (χ1) is 15.2. The third kappa shape index (κ3) is 3.63. The predicted octanol–water partition coefficient (Wildman–Crippen LogP) is 0.142. The number of fused-ring (bicyclic) bond motifs is 1. The van der Waals surface area contributed by atoms with Crippen LogP contribution in [0.2, 0.25) is 0 Å². The summed E-state index contributed by atoms with van der Waals surface area (Å²) in [6.07, 6.45) is -9.56. The van der Waals surface area contributed by atoms with E-state index >= 15 is 0 Å². The first-order valence-corrected chi connectivity index (χ1v) is 9.36. The highest BCUT2D eigenvalue weighted by molar-refractivity contribution is 5.89. The van der Waals surface area contributed by atoms with E-state index in [9.17, 15) is 35.1 Å². The van der Waals surface area contributed by atoms with E-state index < -0.39 is 59.4 Å². The van der Waals surface area contributed by atoms with Crippen LogP contribution in [0.15, 0.2) is 51.7 Å². The van der Waals surface area contributed by atoms with Crippen LogP contribution >= 0.6 is 0 Å². The lowest BCUT2D eigenvalue weighted by Crippen LogP contribution is -2.61. The summed E-state index contributed by atoms with van der Waals surface area (Å²) in [4.78, 5) is 23.8. The molecular weight excluding hydrogens is 428 g/mol. The number of aliphatic hydroxyl groups excluding tert-OH is 3. The highest BCUT2D eigenvalue weighted by Crippen LogP contribution is 2.42. The van der Waals surface area contributed by atoms with Crippen molar-refractivity contribution in [1.29, 1.82) is 0 Å². The second-order valence-corrected chi connectivity index (χ2v) is 7.14. The average molecular weight is 446 g/mol. The Balaban J connectivity index is 1.77. The van der Waals surface area contributed by atoms with Crippen LogP contribution in [0.3, 0.4) is 0 Å². The normalized spacial score (nSPS) is 25.5. The van der Waals surface area contributed by atoms with Crippen molar-refractivity contribution in [3.63, 3.8) is 0 Å². The zero-order chi connectivity index (χ0) is 23.2. The smallest absolute Gasteiger partial charge is 0.335 e. The quantitative estimate of drug-likeness (QED) is 0.299. The number of phenolic OH excluding ortho intramolecular Hbond substituents is 2. The lowest BCUT2D eigenvalue weighted by molar-refractivity contribution is -0.271. The van der Waals surface area contributed by atoms with Gasteiger partial charge in [-0.2, -0.15) is 0 Å². The second-order valence-electron chi connectivity index (χ2n) is 7.14. The summed E-state index contributed by atoms with van der Waals surface area (Å²) in [6, 6.07) is 10.8. The molecule has 4 rings (SSSR count). The molecule has 1 aromatic heterocycles. The fourth-order valence-corrected chi connectivity index (χ4v) is 3.38. The van der Waals surface area contributed by atoms with Crippen molar-refractivity contribution in [2.75, 3.05) is 0 Å². The van der Waals surface area contributed by atoms with Gasteiger partial charge in [-0.1, -0.05) is 30.3 Å². The molecule has 1 saturated heterocycles. The molecular formula is C21H18O11. The number of rotatable bonds is 4. The Labute approximate surface area is 178 Å². The maximum atomic E-state index is 12.5. The SMILES string of the molecule is O=C(O)[C@@H]1O[C@H](Oc2cc3oc(-c4ccccc4)cc(=O)c3c(O)c2O)[C@@H](O)[C@@H](O)[C@@H]1O. The molecule has 2 aromatic carbocycles. The van der Waals surface area contributed by atoms with Gasteiger partial charge in [0, 0.05) is 17.7 Å². The first-order valence-electron chi connectivity index (χ1n) is 9.36. The first kappa shape index (κ1) is 21.6. The molecule has 1 fully saturated rings. The van der Waals surface area contributed by atoms with Crippen LogP contribution in [-0.2, 0) is 9.53 Å². The van der Waals surface area contributed by atoms with Crippen LogP contribution in [0.5, 0.6) is 17.2 Å². The number of carboxylic acids is 1. The minimum absolute atomic E-state index is 0.164. The molecule has 0 unspecified atom stereocenters. The Hall–Kier alpha value is -3.64. The molecule has 11 heteroatoms. The van der Waals surface area contributed by atoms with Gasteiger partial charge in [-0.25, -0.2) is 4.79 Å². The van der Waals surface area contributed by atoms with E-state index in [1.807, 2.05) is 0 Å². The van der Waals surface area contributed by atoms with Gasteiger partial charge >= 0.3 is 5.97 Å². The highest BCUT2D eigenvalue weighted by Gasteiger charge is 2.48. The Morgan fingerprint density at radius 1 is 0.938 bits per heavy atom. The Bertz CT molecular complexity index is 1220. The molecule has 0 radical (unpaired) electrons. The number of benzene rings is 2. The summed E-state index contributed by atoms with van der Waals surface area (Å²) in [5.74, 6) is -3.76. The molecule has 1 aliphatic rings. The number of hydrogen-bond donors (Lipinski definition) is 6. The van der Waals surface area contributed by atoms with Gasteiger partial charge in [0.05, 0.1) is 0 Å². The summed E-state index contributed by atoms with van der Waals surface area (Å²) in [6.45, 7) is 0. The van der Waals surface area contributed by atoms with E-state index in [0.29, 0.717) is 5.56 Å². The van der Waals surface area contributed by atoms with Crippen molar-refractivity contribution in [1.82, 2.24) is 0 Å². The van der Waals surface area contributed by atoms with Crippen molar-refractivity contribution in [2.24, 2.45) is 0 Å². The molecule has 11 nitrogen and oxygen atoms in total. The number of carbonyl (C=O) groups is 1. The van der Waals surface area contributed by atoms with Gasteiger partial charge in [0.15, 0.2) is 23.0 Å². The minimum atomic E-state index is -1.94. The summed E-state index contributed by atoms with van der Waals surface area (Å²) in [5.41, 5.74) is -0.265. The second kappa shape index (κ2) is 8.13. The Morgan fingerprint density at radius 3 is 2.28 bits per heavy atom. The zero-order valence-corrected chi connectivity index (χ0v) is 16.2. The van der Waals surface area contributed by atoms with Crippen molar-refractivity contribution in [3.8, 4) is 28.6 Å². The van der Waals surface area contributed by atoms with E-state index in [1.54, 1.807) is 30.3 Å². The molecule has 32 heavy (non-hydrogen) atoms. The molecule has 0 aliphatic carbocycles. The van der Waals surface area contributed by atoms with Crippen LogP contribution < -0.4 is 10.2 Å². The van der Waals surface area contributed by atoms with E-state index in [-0.39, 0.29) is 16.7 Å². The third-order valence-electron chi connectivity index (χ3n) is 5.05. The largest absolute Gasteiger partial charge is 0.504 e. The molecule has 2 heterocycles. The molecule has 6 N–H and O–H groups in total. The van der Waals surface area contributed by atoms with Crippen molar-refractivity contribution in [3.05, 3.63) is 52.7 Å². The molecule has 0 spiro atoms. The molecule has 0 amide bonds. The maximum Gasteiger partial charge on any atom is 0.335 e. The number of aromatic hydroxyl groups is 2.